The minimum absolute atomic E-state index is 0.0543. The summed E-state index contributed by atoms with van der Waals surface area (Å²) in [7, 11) is 0. The van der Waals surface area contributed by atoms with E-state index in [1.807, 2.05) is 30.3 Å². The number of hydrogen-bond acceptors (Lipinski definition) is 2. The van der Waals surface area contributed by atoms with Crippen molar-refractivity contribution in [2.75, 3.05) is 5.32 Å². The molecule has 2 rings (SSSR count). The van der Waals surface area contributed by atoms with E-state index in [0.717, 1.165) is 5.69 Å². The highest BCUT2D eigenvalue weighted by Gasteiger charge is 2.02. The van der Waals surface area contributed by atoms with Crippen LogP contribution in [0.2, 0.25) is 0 Å². The summed E-state index contributed by atoms with van der Waals surface area (Å²) in [5.74, 6) is -0.511. The summed E-state index contributed by atoms with van der Waals surface area (Å²) < 4.78 is 13.3. The number of nitrogens with zero attached hydrogens (tertiary/aromatic N) is 1. The van der Waals surface area contributed by atoms with E-state index in [0.29, 0.717) is 5.69 Å². The van der Waals surface area contributed by atoms with Gasteiger partial charge in [-0.25, -0.2) is 4.39 Å². The summed E-state index contributed by atoms with van der Waals surface area (Å²) in [6.07, 6.45) is 0. The fourth-order valence-corrected chi connectivity index (χ4v) is 1.37. The van der Waals surface area contributed by atoms with E-state index in [-0.39, 0.29) is 5.56 Å². The van der Waals surface area contributed by atoms with Gasteiger partial charge in [0.05, 0.1) is 5.56 Å². The van der Waals surface area contributed by atoms with Crippen molar-refractivity contribution in [3.05, 3.63) is 59.9 Å². The molecule has 0 aromatic heterocycles. The van der Waals surface area contributed by atoms with Crippen LogP contribution in [0.4, 0.5) is 15.8 Å². The largest absolute Gasteiger partial charge is 0.355 e. The molecule has 2 aromatic rings. The average Bonchev–Trinajstić information content (AvgIpc) is 2.31. The third-order valence-corrected chi connectivity index (χ3v) is 2.15. The van der Waals surface area contributed by atoms with E-state index in [9.17, 15) is 4.39 Å². The van der Waals surface area contributed by atoms with Gasteiger partial charge >= 0.3 is 0 Å². The van der Waals surface area contributed by atoms with Gasteiger partial charge in [-0.1, -0.05) is 18.2 Å². The Kier molecular flexibility index (Phi) is 2.84. The summed E-state index contributed by atoms with van der Waals surface area (Å²) in [6, 6.07) is 15.7. The van der Waals surface area contributed by atoms with Crippen LogP contribution in [0.3, 0.4) is 0 Å². The fourth-order valence-electron chi connectivity index (χ4n) is 1.37. The number of nitrogens with one attached hydrogen (secondary N) is 1. The summed E-state index contributed by atoms with van der Waals surface area (Å²) in [5.41, 5.74) is 1.56. The maximum Gasteiger partial charge on any atom is 0.143 e. The van der Waals surface area contributed by atoms with E-state index < -0.39 is 5.82 Å². The molecule has 2 nitrogen and oxygen atoms in total. The molecule has 0 unspecified atom stereocenters. The molecule has 0 aliphatic rings. The third kappa shape index (κ3) is 2.18. The van der Waals surface area contributed by atoms with Crippen molar-refractivity contribution >= 4 is 11.4 Å². The zero-order valence-corrected chi connectivity index (χ0v) is 8.44. The fraction of sp³-hybridized carbons (Fsp3) is 0. The van der Waals surface area contributed by atoms with Gasteiger partial charge in [-0.2, -0.15) is 5.26 Å². The van der Waals surface area contributed by atoms with Crippen molar-refractivity contribution in [1.82, 2.24) is 0 Å². The van der Waals surface area contributed by atoms with Crippen LogP contribution in [0.5, 0.6) is 0 Å². The Morgan fingerprint density at radius 1 is 1.00 bits per heavy atom. The van der Waals surface area contributed by atoms with Gasteiger partial charge in [0.15, 0.2) is 0 Å². The highest BCUT2D eigenvalue weighted by molar-refractivity contribution is 5.60. The first-order valence-corrected chi connectivity index (χ1v) is 4.81. The van der Waals surface area contributed by atoms with Crippen LogP contribution in [-0.2, 0) is 0 Å². The van der Waals surface area contributed by atoms with Crippen LogP contribution in [-0.4, -0.2) is 0 Å². The van der Waals surface area contributed by atoms with Gasteiger partial charge in [-0.15, -0.1) is 0 Å². The normalized spacial score (nSPS) is 9.50. The van der Waals surface area contributed by atoms with Gasteiger partial charge < -0.3 is 5.32 Å². The quantitative estimate of drug-likeness (QED) is 0.827. The first-order valence-electron chi connectivity index (χ1n) is 4.81. The minimum atomic E-state index is -0.511. The molecule has 3 heteroatoms. The van der Waals surface area contributed by atoms with E-state index in [2.05, 4.69) is 5.32 Å². The molecule has 0 saturated heterocycles. The topological polar surface area (TPSA) is 35.8 Å². The van der Waals surface area contributed by atoms with Crippen LogP contribution in [0.25, 0.3) is 0 Å². The number of para-hydroxylation sites is 1. The monoisotopic (exact) mass is 212 g/mol. The lowest BCUT2D eigenvalue weighted by atomic mass is 10.2. The van der Waals surface area contributed by atoms with Crippen LogP contribution in [0.1, 0.15) is 5.56 Å². The van der Waals surface area contributed by atoms with Gasteiger partial charge in [0, 0.05) is 11.4 Å². The second-order valence-electron chi connectivity index (χ2n) is 3.30. The Labute approximate surface area is 93.0 Å². The number of anilines is 2. The van der Waals surface area contributed by atoms with Crippen molar-refractivity contribution < 1.29 is 4.39 Å². The molecule has 0 bridgehead atoms. The van der Waals surface area contributed by atoms with Gasteiger partial charge in [0.2, 0.25) is 0 Å². The molecule has 0 saturated carbocycles. The number of hydrogen-bond donors (Lipinski definition) is 1. The standard InChI is InChI=1S/C13H9FN2/c14-13-8-12(7-6-10(13)9-15)16-11-4-2-1-3-5-11/h1-8,16H. The minimum Gasteiger partial charge on any atom is -0.355 e. The van der Waals surface area contributed by atoms with E-state index in [1.54, 1.807) is 12.1 Å². The first kappa shape index (κ1) is 10.2. The highest BCUT2D eigenvalue weighted by Crippen LogP contribution is 2.18. The van der Waals surface area contributed by atoms with E-state index in [1.165, 1.54) is 12.1 Å². The second kappa shape index (κ2) is 4.45. The molecular formula is C13H9FN2. The van der Waals surface area contributed by atoms with Gasteiger partial charge in [0.1, 0.15) is 11.9 Å². The number of benzene rings is 2. The Morgan fingerprint density at radius 3 is 2.38 bits per heavy atom. The molecule has 0 aliphatic heterocycles. The van der Waals surface area contributed by atoms with Crippen molar-refractivity contribution in [3.63, 3.8) is 0 Å². The number of nitriles is 1. The molecule has 0 radical (unpaired) electrons. The lowest BCUT2D eigenvalue weighted by Crippen LogP contribution is -1.92. The van der Waals surface area contributed by atoms with Gasteiger partial charge in [-0.05, 0) is 30.3 Å². The maximum absolute atomic E-state index is 13.3. The average molecular weight is 212 g/mol. The van der Waals surface area contributed by atoms with Crippen molar-refractivity contribution in [1.29, 1.82) is 5.26 Å². The van der Waals surface area contributed by atoms with Crippen LogP contribution < -0.4 is 5.32 Å². The van der Waals surface area contributed by atoms with Gasteiger partial charge in [0.25, 0.3) is 0 Å². The first-order chi connectivity index (χ1) is 7.79. The summed E-state index contributed by atoms with van der Waals surface area (Å²) >= 11 is 0. The lowest BCUT2D eigenvalue weighted by molar-refractivity contribution is 0.624. The van der Waals surface area contributed by atoms with E-state index >= 15 is 0 Å². The van der Waals surface area contributed by atoms with Gasteiger partial charge in [-0.3, -0.25) is 0 Å². The third-order valence-electron chi connectivity index (χ3n) is 2.15. The molecule has 0 heterocycles. The Bertz CT molecular complexity index is 529. The zero-order chi connectivity index (χ0) is 11.4. The predicted octanol–water partition coefficient (Wildman–Crippen LogP) is 3.44. The van der Waals surface area contributed by atoms with Crippen LogP contribution in [0, 0.1) is 17.1 Å². The Morgan fingerprint density at radius 2 is 1.75 bits per heavy atom. The molecule has 0 aliphatic carbocycles. The van der Waals surface area contributed by atoms with Crippen molar-refractivity contribution in [2.24, 2.45) is 0 Å². The zero-order valence-electron chi connectivity index (χ0n) is 8.44. The van der Waals surface area contributed by atoms with Crippen molar-refractivity contribution in [2.45, 2.75) is 0 Å². The highest BCUT2D eigenvalue weighted by atomic mass is 19.1. The SMILES string of the molecule is N#Cc1ccc(Nc2ccccc2)cc1F. The molecule has 1 N–H and O–H groups in total. The molecular weight excluding hydrogens is 203 g/mol. The summed E-state index contributed by atoms with van der Waals surface area (Å²) in [4.78, 5) is 0. The molecule has 0 spiro atoms. The van der Waals surface area contributed by atoms with Crippen molar-refractivity contribution in [3.8, 4) is 6.07 Å². The Hall–Kier alpha value is -2.34. The molecule has 78 valence electrons. The number of rotatable bonds is 2. The summed E-state index contributed by atoms with van der Waals surface area (Å²) in [5, 5.41) is 11.6. The molecule has 16 heavy (non-hydrogen) atoms. The molecule has 0 amide bonds. The lowest BCUT2D eigenvalue weighted by Gasteiger charge is -2.06. The van der Waals surface area contributed by atoms with E-state index in [4.69, 9.17) is 5.26 Å². The molecule has 0 fully saturated rings. The second-order valence-corrected chi connectivity index (χ2v) is 3.30. The molecule has 0 atom stereocenters. The smallest absolute Gasteiger partial charge is 0.143 e. The summed E-state index contributed by atoms with van der Waals surface area (Å²) in [6.45, 7) is 0. The Balaban J connectivity index is 2.24. The van der Waals surface area contributed by atoms with Crippen LogP contribution >= 0.6 is 0 Å². The molecule has 2 aromatic carbocycles. The van der Waals surface area contributed by atoms with Crippen LogP contribution in [0.15, 0.2) is 48.5 Å². The predicted molar refractivity (Wildman–Crippen MR) is 60.8 cm³/mol. The maximum atomic E-state index is 13.3. The number of halogens is 1.